The first-order valence-corrected chi connectivity index (χ1v) is 18.1. The van der Waals surface area contributed by atoms with Crippen LogP contribution in [0.25, 0.3) is 66.3 Å². The second-order valence-corrected chi connectivity index (χ2v) is 13.5. The van der Waals surface area contributed by atoms with Crippen LogP contribution in [0.3, 0.4) is 0 Å². The summed E-state index contributed by atoms with van der Waals surface area (Å²) in [5.41, 5.74) is 14.0. The van der Waals surface area contributed by atoms with Gasteiger partial charge in [0.1, 0.15) is 0 Å². The zero-order chi connectivity index (χ0) is 35.1. The molecule has 10 rings (SSSR count). The lowest BCUT2D eigenvalue weighted by Gasteiger charge is -2.26. The molecule has 250 valence electrons. The van der Waals surface area contributed by atoms with Crippen LogP contribution in [0.15, 0.2) is 212 Å². The minimum atomic E-state index is 1.09. The Morgan fingerprint density at radius 2 is 0.811 bits per heavy atom. The van der Waals surface area contributed by atoms with E-state index in [1.165, 1.54) is 55.0 Å². The predicted molar refractivity (Wildman–Crippen MR) is 223 cm³/mol. The van der Waals surface area contributed by atoms with Crippen LogP contribution in [0.4, 0.5) is 17.1 Å². The standard InChI is InChI=1S/C50H35N3/c1-4-12-36(13-5-1)38-20-25-43(26-21-38)52(44-27-22-39(23-28-44)37-14-6-2-7-15-37)45-31-29-41(30-32-45)51-35-34-40-24-33-47-46-18-10-11-19-48(46)53(50(47)49(40)51)42-16-8-3-9-17-42/h1-35H. The SMILES string of the molecule is c1ccc(-c2ccc(N(c3ccc(-c4ccccc4)cc3)c3ccc(-n4ccc5ccc6c7ccccc7n(-c7ccccc7)c6c54)cc3)cc2)cc1. The Bertz CT molecular complexity index is 2750. The third-order valence-electron chi connectivity index (χ3n) is 10.4. The summed E-state index contributed by atoms with van der Waals surface area (Å²) in [6.45, 7) is 0. The summed E-state index contributed by atoms with van der Waals surface area (Å²) >= 11 is 0. The fourth-order valence-electron chi connectivity index (χ4n) is 7.81. The van der Waals surface area contributed by atoms with Crippen molar-refractivity contribution in [3.8, 4) is 33.6 Å². The van der Waals surface area contributed by atoms with E-state index < -0.39 is 0 Å². The van der Waals surface area contributed by atoms with Gasteiger partial charge in [-0.05, 0) is 95.1 Å². The molecule has 0 amide bonds. The molecule has 0 unspecified atom stereocenters. The molecule has 53 heavy (non-hydrogen) atoms. The van der Waals surface area contributed by atoms with Crippen LogP contribution in [-0.4, -0.2) is 9.13 Å². The van der Waals surface area contributed by atoms with E-state index in [1.807, 2.05) is 0 Å². The number of aromatic nitrogens is 2. The molecule has 0 spiro atoms. The second-order valence-electron chi connectivity index (χ2n) is 13.5. The predicted octanol–water partition coefficient (Wildman–Crippen LogP) is 13.5. The molecule has 3 heteroatoms. The molecule has 0 aliphatic heterocycles. The Labute approximate surface area is 308 Å². The Morgan fingerprint density at radius 1 is 0.321 bits per heavy atom. The first-order chi connectivity index (χ1) is 26.3. The van der Waals surface area contributed by atoms with Crippen molar-refractivity contribution < 1.29 is 0 Å². The summed E-state index contributed by atoms with van der Waals surface area (Å²) in [6, 6.07) is 74.0. The first-order valence-electron chi connectivity index (χ1n) is 18.1. The molecule has 0 aliphatic rings. The summed E-state index contributed by atoms with van der Waals surface area (Å²) in [5, 5.41) is 3.71. The highest BCUT2D eigenvalue weighted by molar-refractivity contribution is 6.18. The van der Waals surface area contributed by atoms with E-state index in [-0.39, 0.29) is 0 Å². The molecule has 8 aromatic carbocycles. The normalized spacial score (nSPS) is 11.4. The largest absolute Gasteiger partial charge is 0.315 e. The third kappa shape index (κ3) is 5.38. The molecule has 0 bridgehead atoms. The smallest absolute Gasteiger partial charge is 0.0788 e. The maximum absolute atomic E-state index is 2.41. The van der Waals surface area contributed by atoms with Crippen molar-refractivity contribution in [3.63, 3.8) is 0 Å². The van der Waals surface area contributed by atoms with Gasteiger partial charge in [0, 0.05) is 50.8 Å². The Kier molecular flexibility index (Phi) is 7.47. The first kappa shape index (κ1) is 30.7. The number of hydrogen-bond acceptors (Lipinski definition) is 1. The highest BCUT2D eigenvalue weighted by atomic mass is 15.1. The van der Waals surface area contributed by atoms with Crippen LogP contribution >= 0.6 is 0 Å². The van der Waals surface area contributed by atoms with E-state index >= 15 is 0 Å². The van der Waals surface area contributed by atoms with Crippen LogP contribution in [0, 0.1) is 0 Å². The van der Waals surface area contributed by atoms with Crippen molar-refractivity contribution >= 4 is 49.8 Å². The summed E-state index contributed by atoms with van der Waals surface area (Å²) in [7, 11) is 0. The third-order valence-corrected chi connectivity index (χ3v) is 10.4. The van der Waals surface area contributed by atoms with Gasteiger partial charge >= 0.3 is 0 Å². The molecule has 2 aromatic heterocycles. The van der Waals surface area contributed by atoms with Crippen molar-refractivity contribution in [1.82, 2.24) is 9.13 Å². The molecule has 0 saturated heterocycles. The van der Waals surface area contributed by atoms with Crippen LogP contribution in [0.2, 0.25) is 0 Å². The fraction of sp³-hybridized carbons (Fsp3) is 0. The molecule has 10 aromatic rings. The van der Waals surface area contributed by atoms with Gasteiger partial charge in [-0.25, -0.2) is 0 Å². The maximum atomic E-state index is 2.41. The molecular weight excluding hydrogens is 643 g/mol. The van der Waals surface area contributed by atoms with Gasteiger partial charge in [-0.2, -0.15) is 0 Å². The second kappa shape index (κ2) is 12.9. The average Bonchev–Trinajstić information content (AvgIpc) is 3.82. The van der Waals surface area contributed by atoms with Gasteiger partial charge in [-0.3, -0.25) is 0 Å². The van der Waals surface area contributed by atoms with Gasteiger partial charge in [-0.15, -0.1) is 0 Å². The molecular formula is C50H35N3. The van der Waals surface area contributed by atoms with Gasteiger partial charge in [0.2, 0.25) is 0 Å². The van der Waals surface area contributed by atoms with Crippen molar-refractivity contribution in [2.24, 2.45) is 0 Å². The minimum Gasteiger partial charge on any atom is -0.315 e. The van der Waals surface area contributed by atoms with Crippen LogP contribution < -0.4 is 4.90 Å². The molecule has 0 aliphatic carbocycles. The molecule has 3 nitrogen and oxygen atoms in total. The maximum Gasteiger partial charge on any atom is 0.0788 e. The number of rotatable bonds is 7. The monoisotopic (exact) mass is 677 g/mol. The summed E-state index contributed by atoms with van der Waals surface area (Å²) in [6.07, 6.45) is 2.20. The molecule has 0 radical (unpaired) electrons. The lowest BCUT2D eigenvalue weighted by Crippen LogP contribution is -2.10. The van der Waals surface area contributed by atoms with E-state index in [1.54, 1.807) is 0 Å². The summed E-state index contributed by atoms with van der Waals surface area (Å²) in [5.74, 6) is 0. The highest BCUT2D eigenvalue weighted by Gasteiger charge is 2.19. The van der Waals surface area contributed by atoms with Crippen LogP contribution in [0.1, 0.15) is 0 Å². The number of benzene rings is 8. The lowest BCUT2D eigenvalue weighted by molar-refractivity contribution is 1.11. The number of hydrogen-bond donors (Lipinski definition) is 0. The van der Waals surface area contributed by atoms with Crippen molar-refractivity contribution in [2.45, 2.75) is 0 Å². The van der Waals surface area contributed by atoms with E-state index in [0.717, 1.165) is 28.4 Å². The lowest BCUT2D eigenvalue weighted by atomic mass is 10.0. The number of anilines is 3. The van der Waals surface area contributed by atoms with Gasteiger partial charge < -0.3 is 14.0 Å². The van der Waals surface area contributed by atoms with Crippen LogP contribution in [-0.2, 0) is 0 Å². The van der Waals surface area contributed by atoms with Crippen LogP contribution in [0.5, 0.6) is 0 Å². The fourth-order valence-corrected chi connectivity index (χ4v) is 7.81. The topological polar surface area (TPSA) is 13.1 Å². The molecule has 0 atom stereocenters. The van der Waals surface area contributed by atoms with E-state index in [9.17, 15) is 0 Å². The van der Waals surface area contributed by atoms with Gasteiger partial charge in [0.25, 0.3) is 0 Å². The Hall–Kier alpha value is -7.10. The minimum absolute atomic E-state index is 1.09. The van der Waals surface area contributed by atoms with Gasteiger partial charge in [-0.1, -0.05) is 133 Å². The molecule has 0 N–H and O–H groups in total. The molecule has 0 fully saturated rings. The van der Waals surface area contributed by atoms with Gasteiger partial charge in [0.05, 0.1) is 16.6 Å². The van der Waals surface area contributed by atoms with Gasteiger partial charge in [0.15, 0.2) is 0 Å². The number of fused-ring (bicyclic) bond motifs is 5. The Balaban J connectivity index is 1.09. The van der Waals surface area contributed by atoms with Crippen molar-refractivity contribution in [2.75, 3.05) is 4.90 Å². The molecule has 0 saturated carbocycles. The Morgan fingerprint density at radius 3 is 1.40 bits per heavy atom. The zero-order valence-corrected chi connectivity index (χ0v) is 29.0. The number of para-hydroxylation sites is 2. The van der Waals surface area contributed by atoms with E-state index in [0.29, 0.717) is 0 Å². The average molecular weight is 678 g/mol. The van der Waals surface area contributed by atoms with Crippen molar-refractivity contribution in [3.05, 3.63) is 212 Å². The highest BCUT2D eigenvalue weighted by Crippen LogP contribution is 2.40. The summed E-state index contributed by atoms with van der Waals surface area (Å²) < 4.78 is 4.76. The number of nitrogens with zero attached hydrogens (tertiary/aromatic N) is 3. The summed E-state index contributed by atoms with van der Waals surface area (Å²) in [4.78, 5) is 2.34. The van der Waals surface area contributed by atoms with E-state index in [2.05, 4.69) is 226 Å². The van der Waals surface area contributed by atoms with E-state index in [4.69, 9.17) is 0 Å². The zero-order valence-electron chi connectivity index (χ0n) is 29.0. The quantitative estimate of drug-likeness (QED) is 0.164. The van der Waals surface area contributed by atoms with Crippen molar-refractivity contribution in [1.29, 1.82) is 0 Å². The molecule has 2 heterocycles.